The molecule has 3 aromatic rings. The molecule has 1 unspecified atom stereocenters. The number of aromatic nitrogens is 1. The molecular formula is C20H19NO6. The maximum atomic E-state index is 12.2. The molecule has 0 fully saturated rings. The van der Waals surface area contributed by atoms with Crippen molar-refractivity contribution < 1.29 is 28.3 Å². The van der Waals surface area contributed by atoms with Crippen LogP contribution in [0.1, 0.15) is 46.7 Å². The van der Waals surface area contributed by atoms with Crippen molar-refractivity contribution in [2.75, 3.05) is 0 Å². The van der Waals surface area contributed by atoms with Gasteiger partial charge in [0.1, 0.15) is 11.5 Å². The first kappa shape index (κ1) is 18.4. The van der Waals surface area contributed by atoms with E-state index in [1.54, 1.807) is 37.3 Å². The van der Waals surface area contributed by atoms with Gasteiger partial charge in [-0.1, -0.05) is 19.1 Å². The highest BCUT2D eigenvalue weighted by Crippen LogP contribution is 2.17. The normalized spacial score (nSPS) is 11.9. The van der Waals surface area contributed by atoms with E-state index in [9.17, 15) is 14.4 Å². The van der Waals surface area contributed by atoms with Gasteiger partial charge in [0.05, 0.1) is 17.3 Å². The number of ether oxygens (including phenoxy) is 2. The van der Waals surface area contributed by atoms with Crippen molar-refractivity contribution in [3.05, 3.63) is 59.5 Å². The smallest absolute Gasteiger partial charge is 0.357 e. The summed E-state index contributed by atoms with van der Waals surface area (Å²) in [4.78, 5) is 38.6. The number of esters is 2. The highest BCUT2D eigenvalue weighted by atomic mass is 16.7. The van der Waals surface area contributed by atoms with E-state index in [1.807, 2.05) is 0 Å². The number of carbonyl (C=O) groups is 3. The number of Topliss-reactive ketones (excluding diaryl/α,β-unsaturated/α-hetero) is 1. The summed E-state index contributed by atoms with van der Waals surface area (Å²) in [5, 5.41) is 0. The van der Waals surface area contributed by atoms with Gasteiger partial charge in [-0.15, -0.1) is 0 Å². The number of benzene rings is 1. The molecule has 0 radical (unpaired) electrons. The average molecular weight is 369 g/mol. The van der Waals surface area contributed by atoms with Crippen molar-refractivity contribution in [2.45, 2.75) is 33.0 Å². The molecule has 0 aliphatic carbocycles. The first-order valence-electron chi connectivity index (χ1n) is 8.55. The van der Waals surface area contributed by atoms with E-state index in [1.165, 1.54) is 19.3 Å². The van der Waals surface area contributed by atoms with Gasteiger partial charge in [0, 0.05) is 31.9 Å². The van der Waals surface area contributed by atoms with Crippen LogP contribution in [0.2, 0.25) is 0 Å². The number of furan rings is 1. The zero-order chi connectivity index (χ0) is 19.4. The Bertz CT molecular complexity index is 937. The van der Waals surface area contributed by atoms with Crippen molar-refractivity contribution in [2.24, 2.45) is 0 Å². The summed E-state index contributed by atoms with van der Waals surface area (Å²) in [5.74, 6) is -1.15. The number of nitrogens with one attached hydrogen (secondary N) is 1. The molecule has 140 valence electrons. The Morgan fingerprint density at radius 3 is 2.44 bits per heavy atom. The van der Waals surface area contributed by atoms with Crippen molar-refractivity contribution in [1.29, 1.82) is 0 Å². The Morgan fingerprint density at radius 2 is 1.78 bits per heavy atom. The summed E-state index contributed by atoms with van der Waals surface area (Å²) in [7, 11) is 0. The average Bonchev–Trinajstić information content (AvgIpc) is 3.24. The van der Waals surface area contributed by atoms with E-state index < -0.39 is 18.2 Å². The summed E-state index contributed by atoms with van der Waals surface area (Å²) < 4.78 is 15.4. The molecule has 7 heteroatoms. The minimum absolute atomic E-state index is 0.127. The van der Waals surface area contributed by atoms with E-state index in [4.69, 9.17) is 13.9 Å². The van der Waals surface area contributed by atoms with E-state index in [-0.39, 0.29) is 11.5 Å². The van der Waals surface area contributed by atoms with Crippen LogP contribution in [-0.4, -0.2) is 29.0 Å². The minimum Gasteiger partial charge on any atom is -0.463 e. The van der Waals surface area contributed by atoms with Gasteiger partial charge >= 0.3 is 11.9 Å². The number of ketones is 1. The van der Waals surface area contributed by atoms with Crippen LogP contribution in [0.15, 0.2) is 47.1 Å². The molecule has 1 aromatic carbocycles. The lowest BCUT2D eigenvalue weighted by atomic mass is 10.1. The first-order valence-corrected chi connectivity index (χ1v) is 8.55. The van der Waals surface area contributed by atoms with E-state index >= 15 is 0 Å². The second kappa shape index (κ2) is 7.90. The fraction of sp³-hybridized carbons (Fsp3) is 0.250. The van der Waals surface area contributed by atoms with Gasteiger partial charge in [-0.3, -0.25) is 4.79 Å². The number of carbonyl (C=O) groups excluding carboxylic acids is 3. The van der Waals surface area contributed by atoms with Gasteiger partial charge < -0.3 is 18.9 Å². The molecule has 0 aliphatic heterocycles. The number of hydrogen-bond acceptors (Lipinski definition) is 6. The third kappa shape index (κ3) is 4.44. The Hall–Kier alpha value is -3.35. The Morgan fingerprint density at radius 1 is 1.07 bits per heavy atom. The fourth-order valence-electron chi connectivity index (χ4n) is 2.53. The second-order valence-electron chi connectivity index (χ2n) is 6.03. The number of fused-ring (bicyclic) bond motifs is 1. The first-order chi connectivity index (χ1) is 13.0. The predicted octanol–water partition coefficient (Wildman–Crippen LogP) is 3.64. The standard InChI is InChI=1S/C20H19NO6/c1-3-15(22)10-13-4-6-14(7-5-13)19(23)26-12(2)27-20(24)17-11-18-16(21-17)8-9-25-18/h4-9,11-12,21H,3,10H2,1-2H3. The number of aromatic amines is 1. The molecule has 7 nitrogen and oxygen atoms in total. The van der Waals surface area contributed by atoms with Crippen LogP contribution in [0.4, 0.5) is 0 Å². The van der Waals surface area contributed by atoms with Gasteiger partial charge in [0.25, 0.3) is 0 Å². The third-order valence-electron chi connectivity index (χ3n) is 3.99. The number of rotatable bonds is 7. The van der Waals surface area contributed by atoms with Crippen LogP contribution in [0.3, 0.4) is 0 Å². The molecule has 0 bridgehead atoms. The van der Waals surface area contributed by atoms with Crippen molar-refractivity contribution >= 4 is 28.8 Å². The molecule has 1 atom stereocenters. The second-order valence-corrected chi connectivity index (χ2v) is 6.03. The largest absolute Gasteiger partial charge is 0.463 e. The fourth-order valence-corrected chi connectivity index (χ4v) is 2.53. The van der Waals surface area contributed by atoms with Gasteiger partial charge in [-0.25, -0.2) is 9.59 Å². The molecule has 1 N–H and O–H groups in total. The molecule has 0 saturated heterocycles. The van der Waals surface area contributed by atoms with Gasteiger partial charge in [0.2, 0.25) is 6.29 Å². The van der Waals surface area contributed by atoms with Crippen LogP contribution < -0.4 is 0 Å². The quantitative estimate of drug-likeness (QED) is 0.504. The SMILES string of the molecule is CCC(=O)Cc1ccc(C(=O)OC(C)OC(=O)c2cc3occc3[nH]2)cc1. The molecule has 3 rings (SSSR count). The maximum absolute atomic E-state index is 12.2. The monoisotopic (exact) mass is 369 g/mol. The maximum Gasteiger partial charge on any atom is 0.357 e. The van der Waals surface area contributed by atoms with Crippen LogP contribution in [-0.2, 0) is 20.7 Å². The zero-order valence-electron chi connectivity index (χ0n) is 15.0. The van der Waals surface area contributed by atoms with Gasteiger partial charge in [-0.2, -0.15) is 0 Å². The molecule has 2 aromatic heterocycles. The molecule has 27 heavy (non-hydrogen) atoms. The summed E-state index contributed by atoms with van der Waals surface area (Å²) in [6, 6.07) is 9.77. The summed E-state index contributed by atoms with van der Waals surface area (Å²) >= 11 is 0. The lowest BCUT2D eigenvalue weighted by Gasteiger charge is -2.13. The van der Waals surface area contributed by atoms with E-state index in [2.05, 4.69) is 4.98 Å². The summed E-state index contributed by atoms with van der Waals surface area (Å²) in [6.07, 6.45) is 1.24. The van der Waals surface area contributed by atoms with Gasteiger partial charge in [-0.05, 0) is 17.7 Å². The minimum atomic E-state index is -1.07. The van der Waals surface area contributed by atoms with E-state index in [0.29, 0.717) is 29.5 Å². The van der Waals surface area contributed by atoms with Crippen molar-refractivity contribution in [1.82, 2.24) is 4.98 Å². The van der Waals surface area contributed by atoms with Crippen LogP contribution in [0.25, 0.3) is 11.1 Å². The number of hydrogen-bond donors (Lipinski definition) is 1. The van der Waals surface area contributed by atoms with Gasteiger partial charge in [0.15, 0.2) is 5.58 Å². The number of H-pyrrole nitrogens is 1. The van der Waals surface area contributed by atoms with Crippen LogP contribution >= 0.6 is 0 Å². The third-order valence-corrected chi connectivity index (χ3v) is 3.99. The van der Waals surface area contributed by atoms with Crippen LogP contribution in [0.5, 0.6) is 0 Å². The molecule has 0 spiro atoms. The van der Waals surface area contributed by atoms with Crippen molar-refractivity contribution in [3.63, 3.8) is 0 Å². The van der Waals surface area contributed by atoms with E-state index in [0.717, 1.165) is 5.56 Å². The molecule has 0 aliphatic rings. The Labute approximate surface area is 155 Å². The molecule has 2 heterocycles. The zero-order valence-corrected chi connectivity index (χ0v) is 15.0. The molecule has 0 amide bonds. The highest BCUT2D eigenvalue weighted by Gasteiger charge is 2.19. The highest BCUT2D eigenvalue weighted by molar-refractivity contribution is 5.93. The Kier molecular flexibility index (Phi) is 5.40. The lowest BCUT2D eigenvalue weighted by Crippen LogP contribution is -2.22. The lowest BCUT2D eigenvalue weighted by molar-refractivity contribution is -0.118. The summed E-state index contributed by atoms with van der Waals surface area (Å²) in [5.41, 5.74) is 2.55. The van der Waals surface area contributed by atoms with Crippen LogP contribution in [0, 0.1) is 0 Å². The summed E-state index contributed by atoms with van der Waals surface area (Å²) in [6.45, 7) is 3.26. The predicted molar refractivity (Wildman–Crippen MR) is 96.3 cm³/mol. The molecular weight excluding hydrogens is 350 g/mol. The van der Waals surface area contributed by atoms with Crippen molar-refractivity contribution in [3.8, 4) is 0 Å². The molecule has 0 saturated carbocycles. The topological polar surface area (TPSA) is 98.6 Å². The Balaban J connectivity index is 1.55.